The van der Waals surface area contributed by atoms with Gasteiger partial charge in [-0.05, 0) is 34.1 Å². The lowest BCUT2D eigenvalue weighted by atomic mass is 10.2. The second-order valence-corrected chi connectivity index (χ2v) is 5.85. The summed E-state index contributed by atoms with van der Waals surface area (Å²) in [5, 5.41) is 0. The number of halogens is 2. The quantitative estimate of drug-likeness (QED) is 0.637. The molecule has 0 saturated carbocycles. The van der Waals surface area contributed by atoms with E-state index >= 15 is 0 Å². The summed E-state index contributed by atoms with van der Waals surface area (Å²) in [5.74, 6) is 0.532. The summed E-state index contributed by atoms with van der Waals surface area (Å²) in [6.07, 6.45) is 0. The van der Waals surface area contributed by atoms with Gasteiger partial charge in [0.2, 0.25) is 0 Å². The number of aromatic amines is 1. The third-order valence-corrected chi connectivity index (χ3v) is 3.78. The average Bonchev–Trinajstić information content (AvgIpc) is 2.72. The first-order valence-corrected chi connectivity index (χ1v) is 7.17. The molecular formula is C13H8Br2N2O3. The molecule has 0 spiro atoms. The maximum absolute atomic E-state index is 11.1. The molecule has 0 amide bonds. The van der Waals surface area contributed by atoms with Crippen LogP contribution in [0.3, 0.4) is 0 Å². The van der Waals surface area contributed by atoms with Gasteiger partial charge in [-0.1, -0.05) is 15.9 Å². The molecule has 0 unspecified atom stereocenters. The zero-order valence-electron chi connectivity index (χ0n) is 9.94. The van der Waals surface area contributed by atoms with Crippen molar-refractivity contribution in [2.24, 2.45) is 0 Å². The molecule has 3 rings (SSSR count). The fourth-order valence-corrected chi connectivity index (χ4v) is 2.89. The summed E-state index contributed by atoms with van der Waals surface area (Å²) in [7, 11) is 0. The Kier molecular flexibility index (Phi) is 3.31. The molecule has 1 heterocycles. The van der Waals surface area contributed by atoms with Crippen molar-refractivity contribution >= 4 is 48.6 Å². The van der Waals surface area contributed by atoms with E-state index in [4.69, 9.17) is 14.9 Å². The maximum atomic E-state index is 11.1. The van der Waals surface area contributed by atoms with Crippen LogP contribution >= 0.6 is 31.9 Å². The summed E-state index contributed by atoms with van der Waals surface area (Å²) >= 11 is 6.78. The number of fused-ring (bicyclic) bond motifs is 1. The monoisotopic (exact) mass is 398 g/mol. The van der Waals surface area contributed by atoms with E-state index in [9.17, 15) is 4.79 Å². The first-order chi connectivity index (χ1) is 9.52. The maximum Gasteiger partial charge on any atom is 0.417 e. The standard InChI is InChI=1S/C13H8Br2N2O3/c14-6-1-2-10(7(15)3-6)19-11-5-9-12(4-8(11)16)20-13(18)17-9/h1-5H,16H2,(H,17,18). The van der Waals surface area contributed by atoms with Gasteiger partial charge in [0.25, 0.3) is 0 Å². The Morgan fingerprint density at radius 2 is 1.95 bits per heavy atom. The molecule has 1 aromatic heterocycles. The molecule has 0 radical (unpaired) electrons. The predicted octanol–water partition coefficient (Wildman–Crippen LogP) is 4.02. The molecule has 0 atom stereocenters. The van der Waals surface area contributed by atoms with E-state index in [0.717, 1.165) is 8.95 Å². The smallest absolute Gasteiger partial charge is 0.417 e. The van der Waals surface area contributed by atoms with E-state index in [1.807, 2.05) is 12.1 Å². The number of nitrogens with one attached hydrogen (secondary N) is 1. The molecule has 102 valence electrons. The van der Waals surface area contributed by atoms with Crippen LogP contribution in [0.15, 0.2) is 48.5 Å². The topological polar surface area (TPSA) is 81.2 Å². The largest absolute Gasteiger partial charge is 0.454 e. The minimum absolute atomic E-state index is 0.384. The second-order valence-electron chi connectivity index (χ2n) is 4.08. The molecule has 7 heteroatoms. The van der Waals surface area contributed by atoms with Crippen molar-refractivity contribution in [3.05, 3.63) is 49.8 Å². The summed E-state index contributed by atoms with van der Waals surface area (Å²) < 4.78 is 12.4. The van der Waals surface area contributed by atoms with Gasteiger partial charge in [-0.15, -0.1) is 0 Å². The third-order valence-electron chi connectivity index (χ3n) is 2.67. The lowest BCUT2D eigenvalue weighted by Crippen LogP contribution is -1.94. The van der Waals surface area contributed by atoms with Gasteiger partial charge in [-0.25, -0.2) is 4.79 Å². The molecule has 3 aromatic rings. The molecule has 5 nitrogen and oxygen atoms in total. The van der Waals surface area contributed by atoms with E-state index in [-0.39, 0.29) is 0 Å². The van der Waals surface area contributed by atoms with Crippen LogP contribution in [0.25, 0.3) is 11.1 Å². The van der Waals surface area contributed by atoms with Crippen LogP contribution in [-0.2, 0) is 0 Å². The Bertz CT molecular complexity index is 854. The Hall–Kier alpha value is -1.73. The van der Waals surface area contributed by atoms with Crippen molar-refractivity contribution in [1.82, 2.24) is 4.98 Å². The minimum atomic E-state index is -0.527. The highest BCUT2D eigenvalue weighted by Crippen LogP contribution is 2.35. The zero-order chi connectivity index (χ0) is 14.3. The first kappa shape index (κ1) is 13.3. The van der Waals surface area contributed by atoms with E-state index in [1.165, 1.54) is 0 Å². The number of nitrogen functional groups attached to an aromatic ring is 1. The molecule has 3 N–H and O–H groups in total. The van der Waals surface area contributed by atoms with Gasteiger partial charge < -0.3 is 14.9 Å². The van der Waals surface area contributed by atoms with Gasteiger partial charge in [0, 0.05) is 16.6 Å². The van der Waals surface area contributed by atoms with Gasteiger partial charge >= 0.3 is 5.76 Å². The van der Waals surface area contributed by atoms with Crippen LogP contribution in [-0.4, -0.2) is 4.98 Å². The molecule has 0 aliphatic carbocycles. The molecule has 20 heavy (non-hydrogen) atoms. The van der Waals surface area contributed by atoms with Crippen molar-refractivity contribution in [3.8, 4) is 11.5 Å². The fraction of sp³-hybridized carbons (Fsp3) is 0. The number of benzene rings is 2. The molecule has 0 bridgehead atoms. The van der Waals surface area contributed by atoms with Crippen LogP contribution < -0.4 is 16.2 Å². The molecule has 0 fully saturated rings. The van der Waals surface area contributed by atoms with Crippen molar-refractivity contribution in [3.63, 3.8) is 0 Å². The number of nitrogens with two attached hydrogens (primary N) is 1. The van der Waals surface area contributed by atoms with Crippen LogP contribution in [0.5, 0.6) is 11.5 Å². The summed E-state index contributed by atoms with van der Waals surface area (Å²) in [6.45, 7) is 0. The summed E-state index contributed by atoms with van der Waals surface area (Å²) in [4.78, 5) is 13.7. The third kappa shape index (κ3) is 2.46. The number of oxazole rings is 1. The Morgan fingerprint density at radius 1 is 1.15 bits per heavy atom. The van der Waals surface area contributed by atoms with E-state index in [0.29, 0.717) is 28.3 Å². The van der Waals surface area contributed by atoms with E-state index in [1.54, 1.807) is 18.2 Å². The van der Waals surface area contributed by atoms with Crippen LogP contribution in [0.2, 0.25) is 0 Å². The van der Waals surface area contributed by atoms with Crippen LogP contribution in [0, 0.1) is 0 Å². The average molecular weight is 400 g/mol. The number of H-pyrrole nitrogens is 1. The fourth-order valence-electron chi connectivity index (χ4n) is 1.76. The number of aromatic nitrogens is 1. The normalized spacial score (nSPS) is 10.9. The molecule has 0 aliphatic rings. The van der Waals surface area contributed by atoms with Crippen molar-refractivity contribution < 1.29 is 9.15 Å². The molecule has 2 aromatic carbocycles. The summed E-state index contributed by atoms with van der Waals surface area (Å²) in [6, 6.07) is 8.70. The zero-order valence-corrected chi connectivity index (χ0v) is 13.1. The van der Waals surface area contributed by atoms with Crippen molar-refractivity contribution in [2.45, 2.75) is 0 Å². The first-order valence-electron chi connectivity index (χ1n) is 5.58. The second kappa shape index (κ2) is 4.99. The highest BCUT2D eigenvalue weighted by atomic mass is 79.9. The Labute approximate surface area is 130 Å². The lowest BCUT2D eigenvalue weighted by Gasteiger charge is -2.10. The molecular weight excluding hydrogens is 392 g/mol. The highest BCUT2D eigenvalue weighted by molar-refractivity contribution is 9.11. The number of ether oxygens (including phenoxy) is 1. The minimum Gasteiger partial charge on any atom is -0.454 e. The van der Waals surface area contributed by atoms with Gasteiger partial charge in [-0.2, -0.15) is 0 Å². The van der Waals surface area contributed by atoms with Crippen molar-refractivity contribution in [1.29, 1.82) is 0 Å². The molecule has 0 saturated heterocycles. The Morgan fingerprint density at radius 3 is 2.70 bits per heavy atom. The van der Waals surface area contributed by atoms with Crippen molar-refractivity contribution in [2.75, 3.05) is 5.73 Å². The Balaban J connectivity index is 2.05. The van der Waals surface area contributed by atoms with E-state index in [2.05, 4.69) is 36.8 Å². The predicted molar refractivity (Wildman–Crippen MR) is 83.2 cm³/mol. The van der Waals surface area contributed by atoms with Gasteiger partial charge in [0.1, 0.15) is 5.75 Å². The van der Waals surface area contributed by atoms with Crippen LogP contribution in [0.4, 0.5) is 5.69 Å². The SMILES string of the molecule is Nc1cc2oc(=O)[nH]c2cc1Oc1ccc(Br)cc1Br. The number of hydrogen-bond donors (Lipinski definition) is 2. The van der Waals surface area contributed by atoms with Gasteiger partial charge in [-0.3, -0.25) is 4.98 Å². The number of rotatable bonds is 2. The lowest BCUT2D eigenvalue weighted by molar-refractivity contribution is 0.482. The van der Waals surface area contributed by atoms with E-state index < -0.39 is 5.76 Å². The molecule has 0 aliphatic heterocycles. The highest BCUT2D eigenvalue weighted by Gasteiger charge is 2.10. The van der Waals surface area contributed by atoms with Gasteiger partial charge in [0.15, 0.2) is 11.3 Å². The summed E-state index contributed by atoms with van der Waals surface area (Å²) in [5.41, 5.74) is 7.22. The number of anilines is 1. The van der Waals surface area contributed by atoms with Gasteiger partial charge in [0.05, 0.1) is 15.7 Å². The van der Waals surface area contributed by atoms with Crippen LogP contribution in [0.1, 0.15) is 0 Å². The number of hydrogen-bond acceptors (Lipinski definition) is 4.